The number of phenols is 5. The summed E-state index contributed by atoms with van der Waals surface area (Å²) < 4.78 is 0. The molecule has 5 aromatic rings. The lowest BCUT2D eigenvalue weighted by Crippen LogP contribution is -2.08. The maximum atomic E-state index is 11.7. The van der Waals surface area contributed by atoms with E-state index in [1.54, 1.807) is 12.1 Å². The summed E-state index contributed by atoms with van der Waals surface area (Å²) in [6.07, 6.45) is 0.599. The molecule has 0 fully saturated rings. The van der Waals surface area contributed by atoms with E-state index >= 15 is 0 Å². The molecule has 0 saturated carbocycles. The Morgan fingerprint density at radius 1 is 0.409 bits per heavy atom. The second-order valence-electron chi connectivity index (χ2n) is 12.2. The van der Waals surface area contributed by atoms with Crippen LogP contribution in [0.3, 0.4) is 0 Å². The second kappa shape index (κ2) is 12.0. The van der Waals surface area contributed by atoms with Gasteiger partial charge in [0.2, 0.25) is 0 Å². The normalized spacial score (nSPS) is 11.3. The van der Waals surface area contributed by atoms with E-state index in [0.717, 1.165) is 50.1 Å². The van der Waals surface area contributed by atoms with E-state index in [2.05, 4.69) is 0 Å². The monoisotopic (exact) mass is 588 g/mol. The average molecular weight is 589 g/mol. The smallest absolute Gasteiger partial charge is 0.122 e. The van der Waals surface area contributed by atoms with E-state index in [9.17, 15) is 25.5 Å². The lowest BCUT2D eigenvalue weighted by atomic mass is 9.80. The largest absolute Gasteiger partial charge is 0.508 e. The predicted octanol–water partition coefficient (Wildman–Crippen LogP) is 8.43. The summed E-state index contributed by atoms with van der Waals surface area (Å²) in [6, 6.07) is 22.8. The molecule has 0 unspecified atom stereocenters. The molecule has 226 valence electrons. The summed E-state index contributed by atoms with van der Waals surface area (Å²) in [5, 5.41) is 54.3. The molecule has 0 bridgehead atoms. The molecule has 0 atom stereocenters. The number of rotatable bonds is 7. The zero-order valence-electron chi connectivity index (χ0n) is 26.2. The van der Waals surface area contributed by atoms with Crippen molar-refractivity contribution in [3.63, 3.8) is 0 Å². The van der Waals surface area contributed by atoms with E-state index in [-0.39, 0.29) is 34.7 Å². The first-order valence-corrected chi connectivity index (χ1v) is 14.8. The van der Waals surface area contributed by atoms with Crippen molar-refractivity contribution in [1.82, 2.24) is 0 Å². The van der Waals surface area contributed by atoms with Crippen molar-refractivity contribution in [2.75, 3.05) is 0 Å². The van der Waals surface area contributed by atoms with Crippen LogP contribution < -0.4 is 0 Å². The van der Waals surface area contributed by atoms with Gasteiger partial charge in [-0.2, -0.15) is 0 Å². The van der Waals surface area contributed by atoms with Crippen LogP contribution in [0.1, 0.15) is 78.2 Å². The number of hydrogen-bond acceptors (Lipinski definition) is 5. The fourth-order valence-corrected chi connectivity index (χ4v) is 6.23. The third kappa shape index (κ3) is 6.09. The van der Waals surface area contributed by atoms with Gasteiger partial charge in [-0.1, -0.05) is 71.8 Å². The van der Waals surface area contributed by atoms with Gasteiger partial charge in [-0.3, -0.25) is 0 Å². The number of benzene rings is 5. The van der Waals surface area contributed by atoms with E-state index < -0.39 is 0 Å². The molecule has 5 aromatic carbocycles. The molecule has 0 amide bonds. The van der Waals surface area contributed by atoms with E-state index in [0.29, 0.717) is 35.1 Å². The SMILES string of the molecule is Cc1ccc(O)c(Cc2cc(C(c3cc(C)c(O)c(C)c3)c3cc(C)c(O)c(C)c3)cc(Cc3cc(C)ccc3O)c2O)c1. The number of hydrogen-bond donors (Lipinski definition) is 5. The van der Waals surface area contributed by atoms with Crippen molar-refractivity contribution >= 4 is 0 Å². The lowest BCUT2D eigenvalue weighted by Gasteiger charge is -2.24. The summed E-state index contributed by atoms with van der Waals surface area (Å²) in [4.78, 5) is 0. The molecule has 0 aliphatic carbocycles. The zero-order valence-corrected chi connectivity index (χ0v) is 26.2. The van der Waals surface area contributed by atoms with Crippen LogP contribution in [0.15, 0.2) is 72.8 Å². The molecule has 44 heavy (non-hydrogen) atoms. The fraction of sp³-hybridized carbons (Fsp3) is 0.231. The van der Waals surface area contributed by atoms with Crippen molar-refractivity contribution in [3.05, 3.63) is 145 Å². The van der Waals surface area contributed by atoms with Gasteiger partial charge in [-0.05, 0) is 115 Å². The highest BCUT2D eigenvalue weighted by atomic mass is 16.3. The minimum absolute atomic E-state index is 0.116. The van der Waals surface area contributed by atoms with Gasteiger partial charge in [0, 0.05) is 18.8 Å². The van der Waals surface area contributed by atoms with Gasteiger partial charge >= 0.3 is 0 Å². The Kier molecular flexibility index (Phi) is 8.33. The maximum Gasteiger partial charge on any atom is 0.122 e. The molecule has 0 aromatic heterocycles. The highest BCUT2D eigenvalue weighted by Gasteiger charge is 2.24. The molecule has 5 heteroatoms. The van der Waals surface area contributed by atoms with E-state index in [1.807, 2.05) is 102 Å². The Labute approximate surface area is 259 Å². The molecule has 0 spiro atoms. The Morgan fingerprint density at radius 2 is 0.750 bits per heavy atom. The van der Waals surface area contributed by atoms with Crippen LogP contribution in [0.2, 0.25) is 0 Å². The second-order valence-corrected chi connectivity index (χ2v) is 12.2. The van der Waals surface area contributed by atoms with Gasteiger partial charge in [0.25, 0.3) is 0 Å². The highest BCUT2D eigenvalue weighted by molar-refractivity contribution is 5.58. The Balaban J connectivity index is 1.79. The number of aryl methyl sites for hydroxylation is 6. The van der Waals surface area contributed by atoms with Gasteiger partial charge in [-0.15, -0.1) is 0 Å². The van der Waals surface area contributed by atoms with Crippen molar-refractivity contribution < 1.29 is 25.5 Å². The number of phenolic OH excluding ortho intramolecular Hbond substituents is 5. The maximum absolute atomic E-state index is 11.7. The van der Waals surface area contributed by atoms with Crippen LogP contribution in [0, 0.1) is 41.5 Å². The standard InChI is InChI=1S/C39H40O5/c1-21-7-9-34(40)27(11-21)17-32-19-31(20-33(39(32)44)18-28-12-22(2)8-10-35(28)41)36(29-13-23(3)37(42)24(4)14-29)30-15-25(5)38(43)26(6)16-30/h7-16,19-20,36,40-44H,17-18H2,1-6H3. The summed E-state index contributed by atoms with van der Waals surface area (Å²) in [7, 11) is 0. The van der Waals surface area contributed by atoms with E-state index in [4.69, 9.17) is 0 Å². The molecule has 0 aliphatic heterocycles. The van der Waals surface area contributed by atoms with Crippen molar-refractivity contribution in [2.24, 2.45) is 0 Å². The first kappa shape index (κ1) is 30.6. The summed E-state index contributed by atoms with van der Waals surface area (Å²) >= 11 is 0. The van der Waals surface area contributed by atoms with Gasteiger partial charge in [-0.25, -0.2) is 0 Å². The van der Waals surface area contributed by atoms with Gasteiger partial charge in [0.15, 0.2) is 0 Å². The van der Waals surface area contributed by atoms with Crippen LogP contribution in [0.4, 0.5) is 0 Å². The fourth-order valence-electron chi connectivity index (χ4n) is 6.23. The first-order chi connectivity index (χ1) is 20.8. The molecule has 5 nitrogen and oxygen atoms in total. The van der Waals surface area contributed by atoms with Crippen LogP contribution in [-0.4, -0.2) is 25.5 Å². The van der Waals surface area contributed by atoms with Crippen molar-refractivity contribution in [1.29, 1.82) is 0 Å². The Morgan fingerprint density at radius 3 is 1.11 bits per heavy atom. The minimum Gasteiger partial charge on any atom is -0.508 e. The van der Waals surface area contributed by atoms with Gasteiger partial charge < -0.3 is 25.5 Å². The first-order valence-electron chi connectivity index (χ1n) is 14.8. The highest BCUT2D eigenvalue weighted by Crippen LogP contribution is 2.42. The zero-order chi connectivity index (χ0) is 31.9. The Bertz CT molecular complexity index is 1710. The molecule has 5 rings (SSSR count). The van der Waals surface area contributed by atoms with Crippen LogP contribution in [0.5, 0.6) is 28.7 Å². The summed E-state index contributed by atoms with van der Waals surface area (Å²) in [5.41, 5.74) is 10.5. The quantitative estimate of drug-likeness (QED) is 0.123. The summed E-state index contributed by atoms with van der Waals surface area (Å²) in [5.74, 6) is 0.630. The summed E-state index contributed by atoms with van der Waals surface area (Å²) in [6.45, 7) is 11.4. The van der Waals surface area contributed by atoms with Crippen LogP contribution in [0.25, 0.3) is 0 Å². The molecule has 0 heterocycles. The lowest BCUT2D eigenvalue weighted by molar-refractivity contribution is 0.456. The third-order valence-electron chi connectivity index (χ3n) is 8.55. The van der Waals surface area contributed by atoms with Crippen LogP contribution in [-0.2, 0) is 12.8 Å². The molecule has 0 saturated heterocycles. The van der Waals surface area contributed by atoms with Crippen molar-refractivity contribution in [3.8, 4) is 28.7 Å². The molecular weight excluding hydrogens is 548 g/mol. The third-order valence-corrected chi connectivity index (χ3v) is 8.55. The van der Waals surface area contributed by atoms with Crippen LogP contribution >= 0.6 is 0 Å². The minimum atomic E-state index is -0.304. The topological polar surface area (TPSA) is 101 Å². The Hall–Kier alpha value is -4.90. The predicted molar refractivity (Wildman–Crippen MR) is 176 cm³/mol. The average Bonchev–Trinajstić information content (AvgIpc) is 2.96. The van der Waals surface area contributed by atoms with Gasteiger partial charge in [0.1, 0.15) is 28.7 Å². The molecule has 0 aliphatic rings. The van der Waals surface area contributed by atoms with E-state index in [1.165, 1.54) is 0 Å². The molecule has 5 N–H and O–H groups in total. The number of aromatic hydroxyl groups is 5. The van der Waals surface area contributed by atoms with Gasteiger partial charge in [0.05, 0.1) is 0 Å². The molecule has 0 radical (unpaired) electrons. The molecular formula is C39H40O5. The van der Waals surface area contributed by atoms with Crippen molar-refractivity contribution in [2.45, 2.75) is 60.3 Å².